The highest BCUT2D eigenvalue weighted by Gasteiger charge is 2.15. The first-order valence-electron chi connectivity index (χ1n) is 9.23. The number of benzene rings is 1. The zero-order valence-electron chi connectivity index (χ0n) is 16.1. The minimum absolute atomic E-state index is 0.562. The molecule has 1 aromatic rings. The lowest BCUT2D eigenvalue weighted by Crippen LogP contribution is -2.29. The van der Waals surface area contributed by atoms with Crippen molar-refractivity contribution < 1.29 is 13.5 Å². The molecule has 0 aromatic heterocycles. The molecule has 6 heteroatoms. The molecule has 144 valence electrons. The summed E-state index contributed by atoms with van der Waals surface area (Å²) in [6.45, 7) is 6.86. The molecule has 5 nitrogen and oxygen atoms in total. The van der Waals surface area contributed by atoms with Crippen molar-refractivity contribution in [3.63, 3.8) is 0 Å². The number of nitrogens with zero attached hydrogens (tertiary/aromatic N) is 2. The third-order valence-corrected chi connectivity index (χ3v) is 5.80. The Bertz CT molecular complexity index is 587. The maximum atomic E-state index is 11.6. The molecular formula is C19H34N2O3S. The van der Waals surface area contributed by atoms with Crippen molar-refractivity contribution in [2.24, 2.45) is 0 Å². The van der Waals surface area contributed by atoms with E-state index in [-0.39, 0.29) is 0 Å². The molecule has 1 rings (SSSR count). The number of hydrogen-bond donors (Lipinski definition) is 1. The molecule has 0 spiro atoms. The van der Waals surface area contributed by atoms with E-state index in [1.54, 1.807) is 24.3 Å². The Morgan fingerprint density at radius 1 is 1.04 bits per heavy atom. The van der Waals surface area contributed by atoms with Gasteiger partial charge >= 0.3 is 0 Å². The second-order valence-electron chi connectivity index (χ2n) is 6.65. The van der Waals surface area contributed by atoms with Gasteiger partial charge in [-0.15, -0.1) is 0 Å². The monoisotopic (exact) mass is 370 g/mol. The van der Waals surface area contributed by atoms with Crippen molar-refractivity contribution in [1.82, 2.24) is 4.90 Å². The van der Waals surface area contributed by atoms with Gasteiger partial charge < -0.3 is 10.0 Å². The maximum Gasteiger partial charge on any atom is 0.231 e. The van der Waals surface area contributed by atoms with Crippen LogP contribution in [0.3, 0.4) is 0 Å². The van der Waals surface area contributed by atoms with Gasteiger partial charge in [-0.3, -0.25) is 4.31 Å². The Hall–Kier alpha value is -1.11. The molecule has 0 aliphatic heterocycles. The van der Waals surface area contributed by atoms with Crippen LogP contribution < -0.4 is 4.31 Å². The van der Waals surface area contributed by atoms with E-state index in [0.29, 0.717) is 12.2 Å². The van der Waals surface area contributed by atoms with E-state index in [1.165, 1.54) is 49.7 Å². The number of aliphatic hydroxyl groups is 1. The molecule has 0 saturated heterocycles. The molecule has 0 bridgehead atoms. The number of rotatable bonds is 12. The summed E-state index contributed by atoms with van der Waals surface area (Å²) in [6, 6.07) is 7.08. The summed E-state index contributed by atoms with van der Waals surface area (Å²) in [5.74, 6) is 0. The fourth-order valence-corrected chi connectivity index (χ4v) is 3.27. The number of unbranched alkanes of at least 4 members (excludes halogenated alkanes) is 4. The molecule has 0 saturated carbocycles. The molecule has 0 aliphatic rings. The quantitative estimate of drug-likeness (QED) is 0.573. The standard InChI is InChI=1S/C19H34N2O3S/c1-5-7-8-9-10-15-21(6-2)16-19(22)17-11-13-18(14-12-17)20(3)25(4,23)24/h11-14,19,22H,5-10,15-16H2,1-4H3. The molecule has 0 aliphatic carbocycles. The largest absolute Gasteiger partial charge is 0.387 e. The zero-order valence-corrected chi connectivity index (χ0v) is 16.9. The van der Waals surface area contributed by atoms with E-state index in [0.717, 1.165) is 18.7 Å². The summed E-state index contributed by atoms with van der Waals surface area (Å²) in [7, 11) is -1.74. The average Bonchev–Trinajstić information content (AvgIpc) is 2.59. The van der Waals surface area contributed by atoms with Crippen LogP contribution in [0.15, 0.2) is 24.3 Å². The molecule has 0 radical (unpaired) electrons. The van der Waals surface area contributed by atoms with E-state index in [4.69, 9.17) is 0 Å². The van der Waals surface area contributed by atoms with E-state index in [9.17, 15) is 13.5 Å². The highest BCUT2D eigenvalue weighted by Crippen LogP contribution is 2.21. The summed E-state index contributed by atoms with van der Waals surface area (Å²) in [5.41, 5.74) is 1.41. The molecule has 1 atom stereocenters. The fourth-order valence-electron chi connectivity index (χ4n) is 2.77. The first-order valence-corrected chi connectivity index (χ1v) is 11.1. The first kappa shape index (κ1) is 21.9. The van der Waals surface area contributed by atoms with Crippen molar-refractivity contribution in [3.8, 4) is 0 Å². The minimum atomic E-state index is -3.27. The van der Waals surface area contributed by atoms with Gasteiger partial charge in [-0.25, -0.2) is 8.42 Å². The predicted molar refractivity (Wildman–Crippen MR) is 106 cm³/mol. The fraction of sp³-hybridized carbons (Fsp3) is 0.684. The summed E-state index contributed by atoms with van der Waals surface area (Å²) < 4.78 is 24.4. The van der Waals surface area contributed by atoms with Crippen molar-refractivity contribution >= 4 is 15.7 Å². The normalized spacial score (nSPS) is 13.2. The van der Waals surface area contributed by atoms with Crippen molar-refractivity contribution in [2.75, 3.05) is 37.2 Å². The average molecular weight is 371 g/mol. The van der Waals surface area contributed by atoms with Gasteiger partial charge in [0, 0.05) is 13.6 Å². The third-order valence-electron chi connectivity index (χ3n) is 4.60. The van der Waals surface area contributed by atoms with E-state index >= 15 is 0 Å². The summed E-state index contributed by atoms with van der Waals surface area (Å²) in [4.78, 5) is 2.27. The Balaban J connectivity index is 2.56. The SMILES string of the molecule is CCCCCCCN(CC)CC(O)c1ccc(N(C)S(C)(=O)=O)cc1. The Morgan fingerprint density at radius 3 is 2.16 bits per heavy atom. The molecule has 25 heavy (non-hydrogen) atoms. The lowest BCUT2D eigenvalue weighted by Gasteiger charge is -2.24. The highest BCUT2D eigenvalue weighted by molar-refractivity contribution is 7.92. The van der Waals surface area contributed by atoms with Gasteiger partial charge in [0.1, 0.15) is 0 Å². The van der Waals surface area contributed by atoms with Crippen molar-refractivity contribution in [2.45, 2.75) is 52.1 Å². The molecule has 0 heterocycles. The predicted octanol–water partition coefficient (Wildman–Crippen LogP) is 3.41. The molecule has 1 aromatic carbocycles. The summed E-state index contributed by atoms with van der Waals surface area (Å²) >= 11 is 0. The van der Waals surface area contributed by atoms with Gasteiger partial charge in [0.25, 0.3) is 0 Å². The lowest BCUT2D eigenvalue weighted by atomic mass is 10.1. The molecule has 1 N–H and O–H groups in total. The van der Waals surface area contributed by atoms with Crippen LogP contribution in [0.1, 0.15) is 57.6 Å². The van der Waals surface area contributed by atoms with Crippen LogP contribution in [0, 0.1) is 0 Å². The maximum absolute atomic E-state index is 11.6. The van der Waals surface area contributed by atoms with Crippen molar-refractivity contribution in [1.29, 1.82) is 0 Å². The van der Waals surface area contributed by atoms with Gasteiger partial charge in [-0.2, -0.15) is 0 Å². The van der Waals surface area contributed by atoms with Crippen LogP contribution >= 0.6 is 0 Å². The summed E-state index contributed by atoms with van der Waals surface area (Å²) in [5, 5.41) is 10.5. The number of hydrogen-bond acceptors (Lipinski definition) is 4. The first-order chi connectivity index (χ1) is 11.8. The van der Waals surface area contributed by atoms with Crippen LogP contribution in [-0.2, 0) is 10.0 Å². The molecule has 0 fully saturated rings. The Morgan fingerprint density at radius 2 is 1.64 bits per heavy atom. The van der Waals surface area contributed by atoms with Gasteiger partial charge in [0.2, 0.25) is 10.0 Å². The van der Waals surface area contributed by atoms with Crippen LogP contribution in [0.4, 0.5) is 5.69 Å². The number of aliphatic hydroxyl groups excluding tert-OH is 1. The Labute approximate surface area is 153 Å². The van der Waals surface area contributed by atoms with Gasteiger partial charge in [0.15, 0.2) is 0 Å². The van der Waals surface area contributed by atoms with Gasteiger partial charge in [-0.1, -0.05) is 51.7 Å². The van der Waals surface area contributed by atoms with Crippen LogP contribution in [0.5, 0.6) is 0 Å². The highest BCUT2D eigenvalue weighted by atomic mass is 32.2. The van der Waals surface area contributed by atoms with Crippen LogP contribution in [-0.4, -0.2) is 51.4 Å². The molecule has 0 amide bonds. The number of sulfonamides is 1. The number of likely N-dealkylation sites (N-methyl/N-ethyl adjacent to an activating group) is 1. The minimum Gasteiger partial charge on any atom is -0.387 e. The summed E-state index contributed by atoms with van der Waals surface area (Å²) in [6.07, 6.45) is 6.85. The topological polar surface area (TPSA) is 60.9 Å². The van der Waals surface area contributed by atoms with E-state index in [2.05, 4.69) is 18.7 Å². The van der Waals surface area contributed by atoms with Crippen LogP contribution in [0.25, 0.3) is 0 Å². The van der Waals surface area contributed by atoms with Gasteiger partial charge in [-0.05, 0) is 37.2 Å². The second-order valence-corrected chi connectivity index (χ2v) is 8.66. The van der Waals surface area contributed by atoms with Crippen molar-refractivity contribution in [3.05, 3.63) is 29.8 Å². The lowest BCUT2D eigenvalue weighted by molar-refractivity contribution is 0.115. The van der Waals surface area contributed by atoms with Crippen LogP contribution in [0.2, 0.25) is 0 Å². The Kier molecular flexibility index (Phi) is 9.46. The van der Waals surface area contributed by atoms with E-state index < -0.39 is 16.1 Å². The van der Waals surface area contributed by atoms with Gasteiger partial charge in [0.05, 0.1) is 18.0 Å². The van der Waals surface area contributed by atoms with E-state index in [1.807, 2.05) is 0 Å². The second kappa shape index (κ2) is 10.8. The molecular weight excluding hydrogens is 336 g/mol. The third kappa shape index (κ3) is 7.75. The zero-order chi connectivity index (χ0) is 18.9. The number of anilines is 1. The smallest absolute Gasteiger partial charge is 0.231 e. The molecule has 1 unspecified atom stereocenters.